The van der Waals surface area contributed by atoms with Crippen LogP contribution in [0.1, 0.15) is 12.0 Å². The van der Waals surface area contributed by atoms with Gasteiger partial charge in [0.25, 0.3) is 0 Å². The fourth-order valence-corrected chi connectivity index (χ4v) is 2.39. The van der Waals surface area contributed by atoms with Crippen LogP contribution in [-0.4, -0.2) is 20.8 Å². The van der Waals surface area contributed by atoms with Gasteiger partial charge in [0, 0.05) is 12.7 Å². The molecule has 0 heterocycles. The monoisotopic (exact) mass is 303 g/mol. The summed E-state index contributed by atoms with van der Waals surface area (Å²) in [4.78, 5) is 0. The fourth-order valence-electron chi connectivity index (χ4n) is 2.11. The molecule has 2 aromatic carbocycles. The highest BCUT2D eigenvalue weighted by Gasteiger charge is 1.99. The third-order valence-corrected chi connectivity index (χ3v) is 3.67. The number of rotatable bonds is 8. The lowest BCUT2D eigenvalue weighted by Crippen LogP contribution is -1.92. The van der Waals surface area contributed by atoms with Gasteiger partial charge in [0.2, 0.25) is 0 Å². The van der Waals surface area contributed by atoms with Gasteiger partial charge < -0.3 is 5.32 Å². The van der Waals surface area contributed by atoms with E-state index in [4.69, 9.17) is 8.37 Å². The Bertz CT molecular complexity index is 525. The van der Waals surface area contributed by atoms with Gasteiger partial charge in [0.1, 0.15) is 0 Å². The average Bonchev–Trinajstić information content (AvgIpc) is 2.55. The highest BCUT2D eigenvalue weighted by atomic mass is 32.2. The lowest BCUT2D eigenvalue weighted by Gasteiger charge is -2.06. The Kier molecular flexibility index (Phi) is 6.60. The van der Waals surface area contributed by atoms with Gasteiger partial charge in [0.15, 0.2) is 12.3 Å². The smallest absolute Gasteiger partial charge is 0.158 e. The molecule has 3 nitrogen and oxygen atoms in total. The lowest BCUT2D eigenvalue weighted by molar-refractivity contribution is 0.316. The van der Waals surface area contributed by atoms with E-state index < -0.39 is 0 Å². The molecule has 0 spiro atoms. The molecule has 0 aliphatic rings. The van der Waals surface area contributed by atoms with Crippen LogP contribution >= 0.6 is 12.3 Å². The van der Waals surface area contributed by atoms with Gasteiger partial charge in [-0.2, -0.15) is 0 Å². The minimum atomic E-state index is 0.700. The average molecular weight is 303 g/mol. The summed E-state index contributed by atoms with van der Waals surface area (Å²) in [7, 11) is 3.53. The molecule has 0 unspecified atom stereocenters. The molecule has 0 fully saturated rings. The second kappa shape index (κ2) is 8.72. The predicted octanol–water partition coefficient (Wildman–Crippen LogP) is 4.55. The molecule has 0 saturated carbocycles. The van der Waals surface area contributed by atoms with Crippen LogP contribution < -0.4 is 5.32 Å². The van der Waals surface area contributed by atoms with Crippen molar-refractivity contribution in [1.82, 2.24) is 0 Å². The van der Waals surface area contributed by atoms with Crippen molar-refractivity contribution in [2.75, 3.05) is 26.1 Å². The molecule has 0 aliphatic carbocycles. The van der Waals surface area contributed by atoms with Crippen LogP contribution in [0.4, 0.5) is 5.69 Å². The first-order valence-corrected chi connectivity index (χ1v) is 7.69. The van der Waals surface area contributed by atoms with E-state index in [0.29, 0.717) is 6.61 Å². The van der Waals surface area contributed by atoms with Crippen LogP contribution in [0.3, 0.4) is 0 Å². The van der Waals surface area contributed by atoms with Gasteiger partial charge >= 0.3 is 0 Å². The standard InChI is InChI=1S/C17H21NO2S/c1-18-17-11-9-16(10-12-17)15-7-5-14(6-8-15)4-3-13-20-21-19-2/h5-12,18H,3-4,13H2,1-2H3. The maximum Gasteiger partial charge on any atom is 0.158 e. The van der Waals surface area contributed by atoms with E-state index in [2.05, 4.69) is 53.8 Å². The van der Waals surface area contributed by atoms with Crippen molar-refractivity contribution in [1.29, 1.82) is 0 Å². The molecule has 2 rings (SSSR count). The third kappa shape index (κ3) is 5.08. The molecule has 0 bridgehead atoms. The van der Waals surface area contributed by atoms with Gasteiger partial charge in [-0.1, -0.05) is 36.4 Å². The molecular weight excluding hydrogens is 282 g/mol. The minimum absolute atomic E-state index is 0.700. The van der Waals surface area contributed by atoms with Crippen LogP contribution in [0.25, 0.3) is 11.1 Å². The van der Waals surface area contributed by atoms with Crippen molar-refractivity contribution >= 4 is 18.0 Å². The molecule has 0 amide bonds. The van der Waals surface area contributed by atoms with E-state index in [1.165, 1.54) is 16.7 Å². The Morgan fingerprint density at radius 1 is 0.952 bits per heavy atom. The van der Waals surface area contributed by atoms with Gasteiger partial charge in [-0.15, -0.1) is 0 Å². The maximum absolute atomic E-state index is 5.21. The first-order chi connectivity index (χ1) is 10.3. The number of hydrogen-bond donors (Lipinski definition) is 1. The molecule has 2 aromatic rings. The van der Waals surface area contributed by atoms with Crippen LogP contribution in [0, 0.1) is 0 Å². The van der Waals surface area contributed by atoms with Gasteiger partial charge in [-0.05, 0) is 41.7 Å². The van der Waals surface area contributed by atoms with Crippen molar-refractivity contribution < 1.29 is 8.37 Å². The predicted molar refractivity (Wildman–Crippen MR) is 90.3 cm³/mol. The number of nitrogens with one attached hydrogen (secondary N) is 1. The van der Waals surface area contributed by atoms with Gasteiger partial charge in [-0.3, -0.25) is 8.37 Å². The topological polar surface area (TPSA) is 30.5 Å². The molecular formula is C17H21NO2S. The van der Waals surface area contributed by atoms with Crippen molar-refractivity contribution in [2.24, 2.45) is 0 Å². The number of hydrogen-bond acceptors (Lipinski definition) is 4. The second-order valence-corrected chi connectivity index (χ2v) is 5.39. The first kappa shape index (κ1) is 15.9. The molecule has 21 heavy (non-hydrogen) atoms. The Morgan fingerprint density at radius 3 is 2.14 bits per heavy atom. The molecule has 0 atom stereocenters. The van der Waals surface area contributed by atoms with Crippen molar-refractivity contribution in [3.63, 3.8) is 0 Å². The van der Waals surface area contributed by atoms with E-state index in [1.807, 2.05) is 7.05 Å². The lowest BCUT2D eigenvalue weighted by atomic mass is 10.0. The highest BCUT2D eigenvalue weighted by molar-refractivity contribution is 7.89. The molecule has 0 aromatic heterocycles. The van der Waals surface area contributed by atoms with E-state index >= 15 is 0 Å². The van der Waals surface area contributed by atoms with Gasteiger partial charge in [0.05, 0.1) is 13.7 Å². The molecule has 112 valence electrons. The van der Waals surface area contributed by atoms with E-state index in [1.54, 1.807) is 7.11 Å². The van der Waals surface area contributed by atoms with Crippen molar-refractivity contribution in [2.45, 2.75) is 12.8 Å². The number of aryl methyl sites for hydroxylation is 1. The Labute approximate surface area is 131 Å². The van der Waals surface area contributed by atoms with Crippen LogP contribution in [-0.2, 0) is 14.8 Å². The van der Waals surface area contributed by atoms with Gasteiger partial charge in [-0.25, -0.2) is 0 Å². The molecule has 0 radical (unpaired) electrons. The Balaban J connectivity index is 1.88. The third-order valence-electron chi connectivity index (χ3n) is 3.27. The zero-order chi connectivity index (χ0) is 14.9. The summed E-state index contributed by atoms with van der Waals surface area (Å²) in [5, 5.41) is 3.13. The van der Waals surface area contributed by atoms with E-state index in [9.17, 15) is 0 Å². The van der Waals surface area contributed by atoms with Crippen molar-refractivity contribution in [3.05, 3.63) is 54.1 Å². The number of benzene rings is 2. The minimum Gasteiger partial charge on any atom is -0.388 e. The Morgan fingerprint density at radius 2 is 1.57 bits per heavy atom. The van der Waals surface area contributed by atoms with E-state index in [0.717, 1.165) is 30.9 Å². The zero-order valence-electron chi connectivity index (χ0n) is 12.5. The molecule has 1 N–H and O–H groups in total. The molecule has 0 aliphatic heterocycles. The van der Waals surface area contributed by atoms with Crippen molar-refractivity contribution in [3.8, 4) is 11.1 Å². The molecule has 4 heteroatoms. The zero-order valence-corrected chi connectivity index (χ0v) is 13.3. The van der Waals surface area contributed by atoms with Crippen LogP contribution in [0.2, 0.25) is 0 Å². The summed E-state index contributed by atoms with van der Waals surface area (Å²) in [6, 6.07) is 17.2. The normalized spacial score (nSPS) is 10.6. The van der Waals surface area contributed by atoms with E-state index in [-0.39, 0.29) is 0 Å². The highest BCUT2D eigenvalue weighted by Crippen LogP contribution is 2.22. The summed E-state index contributed by atoms with van der Waals surface area (Å²) >= 11 is 1.04. The van der Waals surface area contributed by atoms with Crippen LogP contribution in [0.15, 0.2) is 48.5 Å². The number of anilines is 1. The SMILES string of the molecule is CNc1ccc(-c2ccc(CCCOSOC)cc2)cc1. The maximum atomic E-state index is 5.21. The fraction of sp³-hybridized carbons (Fsp3) is 0.294. The summed E-state index contributed by atoms with van der Waals surface area (Å²) in [5.41, 5.74) is 4.94. The first-order valence-electron chi connectivity index (χ1n) is 7.03. The quantitative estimate of drug-likeness (QED) is 0.572. The molecule has 0 saturated heterocycles. The summed E-state index contributed by atoms with van der Waals surface area (Å²) in [5.74, 6) is 0. The van der Waals surface area contributed by atoms with Crippen LogP contribution in [0.5, 0.6) is 0 Å². The summed E-state index contributed by atoms with van der Waals surface area (Å²) in [6.45, 7) is 0.700. The largest absolute Gasteiger partial charge is 0.388 e. The second-order valence-electron chi connectivity index (χ2n) is 4.68. The summed E-state index contributed by atoms with van der Waals surface area (Å²) in [6.07, 6.45) is 2.01. The summed E-state index contributed by atoms with van der Waals surface area (Å²) < 4.78 is 9.97. The Hall–Kier alpha value is -1.49.